The average molecular weight is 409 g/mol. The summed E-state index contributed by atoms with van der Waals surface area (Å²) in [4.78, 5) is 12.2. The maximum absolute atomic E-state index is 12.3. The molecule has 2 heterocycles. The first-order valence-corrected chi connectivity index (χ1v) is 10.1. The second kappa shape index (κ2) is 8.74. The molecule has 1 aromatic heterocycles. The smallest absolute Gasteiger partial charge is 0.322 e. The van der Waals surface area contributed by atoms with Gasteiger partial charge in [0, 0.05) is 6.42 Å². The summed E-state index contributed by atoms with van der Waals surface area (Å²) in [7, 11) is -1.99. The van der Waals surface area contributed by atoms with Gasteiger partial charge in [-0.05, 0) is 30.7 Å². The average Bonchev–Trinajstić information content (AvgIpc) is 3.17. The van der Waals surface area contributed by atoms with Gasteiger partial charge in [-0.15, -0.1) is 5.10 Å². The molecule has 10 nitrogen and oxygen atoms in total. The number of carbonyl (C=O) groups is 1. The molecule has 28 heavy (non-hydrogen) atoms. The first kappa shape index (κ1) is 19.7. The topological polar surface area (TPSA) is 130 Å². The van der Waals surface area contributed by atoms with Crippen molar-refractivity contribution in [1.82, 2.24) is 10.2 Å². The van der Waals surface area contributed by atoms with E-state index in [9.17, 15) is 13.2 Å². The molecule has 1 aliphatic rings. The molecule has 1 aliphatic heterocycles. The standard InChI is InChI=1S/C17H19N3O7S/c1-24-12-4-6-13(7-5-12)28(22,23)10-2-3-15(21)18-17-20-19-16(27-17)14-11-25-8-9-26-14/h4-7,11H,2-3,8-10H2,1H3,(H,18,20,21). The molecule has 3 rings (SSSR count). The van der Waals surface area contributed by atoms with Gasteiger partial charge in [0.2, 0.25) is 11.7 Å². The number of anilines is 1. The molecule has 2 aromatic rings. The van der Waals surface area contributed by atoms with Gasteiger partial charge in [-0.3, -0.25) is 10.1 Å². The molecule has 0 atom stereocenters. The lowest BCUT2D eigenvalue weighted by molar-refractivity contribution is -0.116. The fourth-order valence-corrected chi connectivity index (χ4v) is 3.67. The second-order valence-corrected chi connectivity index (χ2v) is 7.87. The van der Waals surface area contributed by atoms with Crippen LogP contribution >= 0.6 is 0 Å². The number of aromatic nitrogens is 2. The lowest BCUT2D eigenvalue weighted by atomic mass is 10.3. The van der Waals surface area contributed by atoms with E-state index in [2.05, 4.69) is 15.5 Å². The van der Waals surface area contributed by atoms with E-state index in [0.717, 1.165) is 0 Å². The molecule has 0 bridgehead atoms. The number of hydrogen-bond donors (Lipinski definition) is 1. The molecule has 1 amide bonds. The van der Waals surface area contributed by atoms with Crippen molar-refractivity contribution in [2.75, 3.05) is 31.4 Å². The highest BCUT2D eigenvalue weighted by atomic mass is 32.2. The third-order valence-electron chi connectivity index (χ3n) is 3.77. The molecule has 0 unspecified atom stereocenters. The van der Waals surface area contributed by atoms with Crippen molar-refractivity contribution < 1.29 is 31.8 Å². The zero-order valence-corrected chi connectivity index (χ0v) is 15.9. The van der Waals surface area contributed by atoms with E-state index in [-0.39, 0.29) is 41.2 Å². The van der Waals surface area contributed by atoms with Gasteiger partial charge in [0.1, 0.15) is 25.2 Å². The minimum atomic E-state index is -3.49. The van der Waals surface area contributed by atoms with Gasteiger partial charge < -0.3 is 18.6 Å². The Morgan fingerprint density at radius 3 is 2.68 bits per heavy atom. The molecule has 0 spiro atoms. The lowest BCUT2D eigenvalue weighted by Gasteiger charge is -2.11. The number of rotatable bonds is 8. The van der Waals surface area contributed by atoms with Crippen molar-refractivity contribution in [3.8, 4) is 5.75 Å². The third kappa shape index (κ3) is 5.00. The summed E-state index contributed by atoms with van der Waals surface area (Å²) in [5.74, 6) is 0.329. The maximum Gasteiger partial charge on any atom is 0.322 e. The van der Waals surface area contributed by atoms with Crippen LogP contribution in [0.25, 0.3) is 5.76 Å². The number of nitrogens with zero attached hydrogens (tertiary/aromatic N) is 2. The van der Waals surface area contributed by atoms with E-state index in [1.165, 1.54) is 25.5 Å². The molecule has 0 saturated carbocycles. The van der Waals surface area contributed by atoms with Crippen LogP contribution in [-0.4, -0.2) is 50.6 Å². The summed E-state index contributed by atoms with van der Waals surface area (Å²) in [6.45, 7) is 0.791. The molecule has 1 N–H and O–H groups in total. The molecule has 150 valence electrons. The zero-order valence-electron chi connectivity index (χ0n) is 15.1. The Kier molecular flexibility index (Phi) is 6.14. The van der Waals surface area contributed by atoms with E-state index in [0.29, 0.717) is 19.0 Å². The zero-order chi connectivity index (χ0) is 20.0. The molecule has 0 radical (unpaired) electrons. The predicted octanol–water partition coefficient (Wildman–Crippen LogP) is 1.62. The SMILES string of the molecule is COc1ccc(S(=O)(=O)CCCC(=O)Nc2nnc(C3=COCCO3)o2)cc1. The molecule has 0 fully saturated rings. The van der Waals surface area contributed by atoms with Crippen LogP contribution in [0.2, 0.25) is 0 Å². The highest BCUT2D eigenvalue weighted by Crippen LogP contribution is 2.20. The second-order valence-electron chi connectivity index (χ2n) is 5.76. The highest BCUT2D eigenvalue weighted by molar-refractivity contribution is 7.91. The van der Waals surface area contributed by atoms with Crippen LogP contribution in [0.1, 0.15) is 18.7 Å². The summed E-state index contributed by atoms with van der Waals surface area (Å²) < 4.78 is 45.3. The summed E-state index contributed by atoms with van der Waals surface area (Å²) in [6, 6.07) is 5.99. The fourth-order valence-electron chi connectivity index (χ4n) is 2.36. The van der Waals surface area contributed by atoms with Crippen molar-refractivity contribution >= 4 is 27.5 Å². The van der Waals surface area contributed by atoms with Gasteiger partial charge in [-0.2, -0.15) is 0 Å². The Balaban J connectivity index is 1.49. The van der Waals surface area contributed by atoms with Crippen LogP contribution in [-0.2, 0) is 24.1 Å². The Bertz CT molecular complexity index is 951. The Morgan fingerprint density at radius 2 is 2.00 bits per heavy atom. The van der Waals surface area contributed by atoms with E-state index in [4.69, 9.17) is 18.6 Å². The number of hydrogen-bond acceptors (Lipinski definition) is 9. The van der Waals surface area contributed by atoms with E-state index in [1.54, 1.807) is 12.1 Å². The van der Waals surface area contributed by atoms with Gasteiger partial charge in [0.15, 0.2) is 9.84 Å². The Labute approximate surface area is 161 Å². The molecule has 11 heteroatoms. The van der Waals surface area contributed by atoms with Crippen LogP contribution in [0.3, 0.4) is 0 Å². The van der Waals surface area contributed by atoms with Crippen LogP contribution in [0, 0.1) is 0 Å². The van der Waals surface area contributed by atoms with Crippen molar-refractivity contribution in [2.24, 2.45) is 0 Å². The monoisotopic (exact) mass is 409 g/mol. The van der Waals surface area contributed by atoms with Crippen molar-refractivity contribution in [2.45, 2.75) is 17.7 Å². The van der Waals surface area contributed by atoms with E-state index in [1.807, 2.05) is 0 Å². The lowest BCUT2D eigenvalue weighted by Crippen LogP contribution is -2.14. The minimum Gasteiger partial charge on any atom is -0.497 e. The van der Waals surface area contributed by atoms with Crippen LogP contribution < -0.4 is 10.1 Å². The quantitative estimate of drug-likeness (QED) is 0.691. The molecular weight excluding hydrogens is 390 g/mol. The first-order chi connectivity index (χ1) is 13.5. The number of methoxy groups -OCH3 is 1. The van der Waals surface area contributed by atoms with Crippen molar-refractivity contribution in [3.63, 3.8) is 0 Å². The first-order valence-electron chi connectivity index (χ1n) is 8.43. The number of benzene rings is 1. The normalized spacial score (nSPS) is 13.8. The van der Waals surface area contributed by atoms with Gasteiger partial charge in [0.25, 0.3) is 5.89 Å². The van der Waals surface area contributed by atoms with Crippen LogP contribution in [0.4, 0.5) is 6.01 Å². The maximum atomic E-state index is 12.3. The van der Waals surface area contributed by atoms with Crippen molar-refractivity contribution in [3.05, 3.63) is 36.4 Å². The van der Waals surface area contributed by atoms with Crippen LogP contribution in [0.5, 0.6) is 5.75 Å². The summed E-state index contributed by atoms with van der Waals surface area (Å²) in [5, 5.41) is 9.88. The molecular formula is C17H19N3O7S. The summed E-state index contributed by atoms with van der Waals surface area (Å²) in [5.41, 5.74) is 0. The Morgan fingerprint density at radius 1 is 1.21 bits per heavy atom. The minimum absolute atomic E-state index is 0.0184. The third-order valence-corrected chi connectivity index (χ3v) is 5.58. The van der Waals surface area contributed by atoms with Gasteiger partial charge >= 0.3 is 6.01 Å². The van der Waals surface area contributed by atoms with Gasteiger partial charge in [-0.25, -0.2) is 8.42 Å². The number of amides is 1. The molecule has 1 aromatic carbocycles. The molecule has 0 aliphatic carbocycles. The summed E-state index contributed by atoms with van der Waals surface area (Å²) >= 11 is 0. The van der Waals surface area contributed by atoms with Gasteiger partial charge in [0.05, 0.1) is 17.8 Å². The van der Waals surface area contributed by atoms with E-state index < -0.39 is 15.7 Å². The largest absolute Gasteiger partial charge is 0.497 e. The Hall–Kier alpha value is -3.08. The predicted molar refractivity (Wildman–Crippen MR) is 97.1 cm³/mol. The highest BCUT2D eigenvalue weighted by Gasteiger charge is 2.18. The van der Waals surface area contributed by atoms with Gasteiger partial charge in [-0.1, -0.05) is 5.10 Å². The van der Waals surface area contributed by atoms with Crippen LogP contribution in [0.15, 0.2) is 39.8 Å². The number of ether oxygens (including phenoxy) is 3. The number of sulfone groups is 1. The molecule has 0 saturated heterocycles. The van der Waals surface area contributed by atoms with E-state index >= 15 is 0 Å². The number of carbonyl (C=O) groups excluding carboxylic acids is 1. The fraction of sp³-hybridized carbons (Fsp3) is 0.353. The summed E-state index contributed by atoms with van der Waals surface area (Å²) in [6.07, 6.45) is 1.48. The number of nitrogens with one attached hydrogen (secondary N) is 1. The van der Waals surface area contributed by atoms with Crippen molar-refractivity contribution in [1.29, 1.82) is 0 Å².